The Hall–Kier alpha value is -2.63. The van der Waals surface area contributed by atoms with Crippen LogP contribution in [0.5, 0.6) is 5.75 Å². The topological polar surface area (TPSA) is 82.5 Å². The Bertz CT molecular complexity index is 693. The molecular formula is C15H18N4O2. The largest absolute Gasteiger partial charge is 0.427 e. The summed E-state index contributed by atoms with van der Waals surface area (Å²) in [4.78, 5) is 15.1. The van der Waals surface area contributed by atoms with Gasteiger partial charge in [-0.3, -0.25) is 4.79 Å². The van der Waals surface area contributed by atoms with Crippen LogP contribution in [0, 0.1) is 20.8 Å². The van der Waals surface area contributed by atoms with E-state index in [1.165, 1.54) is 11.6 Å². The molecule has 2 rings (SSSR count). The first-order valence-corrected chi connectivity index (χ1v) is 6.52. The lowest BCUT2D eigenvalue weighted by molar-refractivity contribution is -0.131. The van der Waals surface area contributed by atoms with Crippen molar-refractivity contribution >= 4 is 18.1 Å². The second-order valence-electron chi connectivity index (χ2n) is 4.89. The van der Waals surface area contributed by atoms with Crippen molar-refractivity contribution in [2.45, 2.75) is 27.7 Å². The normalized spacial score (nSPS) is 11.0. The molecule has 2 aromatic rings. The van der Waals surface area contributed by atoms with E-state index in [0.29, 0.717) is 11.7 Å². The fraction of sp³-hybridized carbons (Fsp3) is 0.267. The third kappa shape index (κ3) is 3.47. The summed E-state index contributed by atoms with van der Waals surface area (Å²) in [5.74, 6) is 0.542. The molecular weight excluding hydrogens is 268 g/mol. The van der Waals surface area contributed by atoms with Crippen molar-refractivity contribution in [3.8, 4) is 5.75 Å². The molecule has 0 aliphatic carbocycles. The number of anilines is 1. The van der Waals surface area contributed by atoms with Crippen LogP contribution in [-0.2, 0) is 4.79 Å². The third-order valence-electron chi connectivity index (χ3n) is 2.97. The highest BCUT2D eigenvalue weighted by Gasteiger charge is 2.06. The maximum atomic E-state index is 11.0. The first-order chi connectivity index (χ1) is 9.86. The van der Waals surface area contributed by atoms with E-state index in [1.54, 1.807) is 24.5 Å². The molecule has 0 amide bonds. The molecule has 0 unspecified atom stereocenters. The molecule has 21 heavy (non-hydrogen) atoms. The van der Waals surface area contributed by atoms with Crippen LogP contribution in [0.1, 0.15) is 29.3 Å². The first-order valence-electron chi connectivity index (χ1n) is 6.52. The standard InChI is InChI=1S/C15H18N4O2/c1-9-5-13(21-12(4)20)6-10(2)14(9)7-17-19-8-11(3)18-15(19)16/h5-8H,1-4H3,(H2,16,18). The molecule has 6 heteroatoms. The Balaban J connectivity index is 2.32. The highest BCUT2D eigenvalue weighted by molar-refractivity contribution is 5.84. The van der Waals surface area contributed by atoms with Gasteiger partial charge in [0.1, 0.15) is 5.75 Å². The lowest BCUT2D eigenvalue weighted by Crippen LogP contribution is -2.04. The van der Waals surface area contributed by atoms with Crippen molar-refractivity contribution in [2.24, 2.45) is 5.10 Å². The van der Waals surface area contributed by atoms with Gasteiger partial charge in [-0.2, -0.15) is 5.10 Å². The van der Waals surface area contributed by atoms with E-state index >= 15 is 0 Å². The van der Waals surface area contributed by atoms with Crippen LogP contribution in [0.4, 0.5) is 5.95 Å². The number of aromatic nitrogens is 2. The Morgan fingerprint density at radius 1 is 1.33 bits per heavy atom. The van der Waals surface area contributed by atoms with Crippen molar-refractivity contribution in [1.82, 2.24) is 9.66 Å². The molecule has 2 N–H and O–H groups in total. The van der Waals surface area contributed by atoms with Crippen molar-refractivity contribution in [3.05, 3.63) is 40.7 Å². The molecule has 1 aromatic heterocycles. The molecule has 0 aliphatic heterocycles. The maximum Gasteiger partial charge on any atom is 0.308 e. The summed E-state index contributed by atoms with van der Waals surface area (Å²) in [7, 11) is 0. The number of imidazole rings is 1. The summed E-state index contributed by atoms with van der Waals surface area (Å²) in [6.07, 6.45) is 3.48. The predicted octanol–water partition coefficient (Wildman–Crippen LogP) is 2.20. The number of ether oxygens (including phenoxy) is 1. The van der Waals surface area contributed by atoms with Gasteiger partial charge in [0.2, 0.25) is 5.95 Å². The van der Waals surface area contributed by atoms with Crippen molar-refractivity contribution < 1.29 is 9.53 Å². The minimum absolute atomic E-state index is 0.336. The Labute approximate surface area is 123 Å². The number of nitrogens with two attached hydrogens (primary N) is 1. The molecule has 0 saturated carbocycles. The van der Waals surface area contributed by atoms with Gasteiger partial charge in [0.25, 0.3) is 0 Å². The van der Waals surface area contributed by atoms with Crippen LogP contribution in [0.15, 0.2) is 23.4 Å². The summed E-state index contributed by atoms with van der Waals surface area (Å²) in [6.45, 7) is 7.10. The molecule has 1 heterocycles. The van der Waals surface area contributed by atoms with Crippen LogP contribution in [0.25, 0.3) is 0 Å². The fourth-order valence-corrected chi connectivity index (χ4v) is 2.08. The molecule has 0 aliphatic rings. The molecule has 0 atom stereocenters. The average Bonchev–Trinajstić information content (AvgIpc) is 2.66. The van der Waals surface area contributed by atoms with E-state index in [1.807, 2.05) is 20.8 Å². The zero-order valence-electron chi connectivity index (χ0n) is 12.5. The van der Waals surface area contributed by atoms with Gasteiger partial charge in [-0.25, -0.2) is 9.66 Å². The summed E-state index contributed by atoms with van der Waals surface area (Å²) in [6, 6.07) is 3.61. The van der Waals surface area contributed by atoms with Crippen molar-refractivity contribution in [3.63, 3.8) is 0 Å². The van der Waals surface area contributed by atoms with Gasteiger partial charge >= 0.3 is 5.97 Å². The van der Waals surface area contributed by atoms with Crippen LogP contribution >= 0.6 is 0 Å². The SMILES string of the molecule is CC(=O)Oc1cc(C)c(C=Nn2cc(C)nc2N)c(C)c1. The number of rotatable bonds is 3. The van der Waals surface area contributed by atoms with Crippen molar-refractivity contribution in [1.29, 1.82) is 0 Å². The van der Waals surface area contributed by atoms with E-state index in [9.17, 15) is 4.79 Å². The predicted molar refractivity (Wildman–Crippen MR) is 81.6 cm³/mol. The van der Waals surface area contributed by atoms with Gasteiger partial charge in [0, 0.05) is 12.5 Å². The summed E-state index contributed by atoms with van der Waals surface area (Å²) in [5.41, 5.74) is 9.43. The van der Waals surface area contributed by atoms with E-state index in [0.717, 1.165) is 22.4 Å². The van der Waals surface area contributed by atoms with Gasteiger partial charge in [-0.1, -0.05) is 0 Å². The van der Waals surface area contributed by atoms with Gasteiger partial charge in [0.05, 0.1) is 18.1 Å². The Kier molecular flexibility index (Phi) is 4.07. The second kappa shape index (κ2) is 5.78. The smallest absolute Gasteiger partial charge is 0.308 e. The number of benzene rings is 1. The zero-order chi connectivity index (χ0) is 15.6. The minimum Gasteiger partial charge on any atom is -0.427 e. The van der Waals surface area contributed by atoms with E-state index < -0.39 is 0 Å². The van der Waals surface area contributed by atoms with Crippen LogP contribution < -0.4 is 10.5 Å². The maximum absolute atomic E-state index is 11.0. The number of aryl methyl sites for hydroxylation is 3. The molecule has 6 nitrogen and oxygen atoms in total. The lowest BCUT2D eigenvalue weighted by atomic mass is 10.0. The Morgan fingerprint density at radius 2 is 1.95 bits per heavy atom. The number of carbonyl (C=O) groups is 1. The summed E-state index contributed by atoms with van der Waals surface area (Å²) < 4.78 is 6.62. The van der Waals surface area contributed by atoms with Gasteiger partial charge in [0.15, 0.2) is 0 Å². The number of nitrogen functional groups attached to an aromatic ring is 1. The number of hydrogen-bond donors (Lipinski definition) is 1. The van der Waals surface area contributed by atoms with Crippen molar-refractivity contribution in [2.75, 3.05) is 5.73 Å². The van der Waals surface area contributed by atoms with E-state index in [-0.39, 0.29) is 5.97 Å². The molecule has 0 bridgehead atoms. The van der Waals surface area contributed by atoms with Crippen LogP contribution in [0.3, 0.4) is 0 Å². The summed E-state index contributed by atoms with van der Waals surface area (Å²) in [5, 5.41) is 4.31. The fourth-order valence-electron chi connectivity index (χ4n) is 2.08. The molecule has 0 radical (unpaired) electrons. The molecule has 0 spiro atoms. The Morgan fingerprint density at radius 3 is 2.43 bits per heavy atom. The number of carbonyl (C=O) groups excluding carboxylic acids is 1. The highest BCUT2D eigenvalue weighted by Crippen LogP contribution is 2.21. The highest BCUT2D eigenvalue weighted by atomic mass is 16.5. The second-order valence-corrected chi connectivity index (χ2v) is 4.89. The minimum atomic E-state index is -0.336. The van der Waals surface area contributed by atoms with E-state index in [4.69, 9.17) is 10.5 Å². The lowest BCUT2D eigenvalue weighted by Gasteiger charge is -2.08. The average molecular weight is 286 g/mol. The van der Waals surface area contributed by atoms with E-state index in [2.05, 4.69) is 10.1 Å². The van der Waals surface area contributed by atoms with Crippen LogP contribution in [-0.4, -0.2) is 21.8 Å². The number of esters is 1. The van der Waals surface area contributed by atoms with Gasteiger partial charge < -0.3 is 10.5 Å². The van der Waals surface area contributed by atoms with Gasteiger partial charge in [-0.05, 0) is 44.0 Å². The number of hydrogen-bond acceptors (Lipinski definition) is 5. The molecule has 1 aromatic carbocycles. The monoisotopic (exact) mass is 286 g/mol. The third-order valence-corrected chi connectivity index (χ3v) is 2.97. The first kappa shape index (κ1) is 14.8. The molecule has 0 fully saturated rings. The molecule has 0 saturated heterocycles. The van der Waals surface area contributed by atoms with Crippen LogP contribution in [0.2, 0.25) is 0 Å². The zero-order valence-corrected chi connectivity index (χ0v) is 12.5. The quantitative estimate of drug-likeness (QED) is 0.532. The van der Waals surface area contributed by atoms with Gasteiger partial charge in [-0.15, -0.1) is 0 Å². The summed E-state index contributed by atoms with van der Waals surface area (Å²) >= 11 is 0. The molecule has 110 valence electrons. The number of nitrogens with zero attached hydrogens (tertiary/aromatic N) is 3.